The molecule has 0 saturated carbocycles. The fourth-order valence-electron chi connectivity index (χ4n) is 1.60. The average Bonchev–Trinajstić information content (AvgIpc) is 2.80. The first-order valence-electron chi connectivity index (χ1n) is 5.29. The molecule has 0 bridgehead atoms. The molecule has 0 aliphatic carbocycles. The fraction of sp³-hybridized carbons (Fsp3) is 0.250. The summed E-state index contributed by atoms with van der Waals surface area (Å²) in [5.74, 6) is 0.874. The Kier molecular flexibility index (Phi) is 3.41. The molecule has 0 amide bonds. The number of hydrogen-bond acceptors (Lipinski definition) is 4. The summed E-state index contributed by atoms with van der Waals surface area (Å²) in [5.41, 5.74) is 6.66. The summed E-state index contributed by atoms with van der Waals surface area (Å²) in [5, 5.41) is 2.09. The van der Waals surface area contributed by atoms with Gasteiger partial charge in [0, 0.05) is 17.6 Å². The van der Waals surface area contributed by atoms with E-state index in [4.69, 9.17) is 5.73 Å². The van der Waals surface area contributed by atoms with Crippen molar-refractivity contribution in [2.45, 2.75) is 13.5 Å². The minimum absolute atomic E-state index is 0.737. The van der Waals surface area contributed by atoms with E-state index < -0.39 is 0 Å². The first kappa shape index (κ1) is 11.0. The molecule has 2 heterocycles. The quantitative estimate of drug-likeness (QED) is 0.883. The Balaban J connectivity index is 2.20. The van der Waals surface area contributed by atoms with Crippen LogP contribution in [0.4, 0.5) is 11.5 Å². The molecule has 0 aliphatic rings. The predicted octanol–water partition coefficient (Wildman–Crippen LogP) is 2.75. The summed E-state index contributed by atoms with van der Waals surface area (Å²) in [6.45, 7) is 3.89. The fourth-order valence-corrected chi connectivity index (χ4v) is 2.32. The standard InChI is InChI=1S/C12H15N3S/c1-2-15(9-10-5-4-8-16-10)12-11(13)6-3-7-14-12/h3-8H,2,9,13H2,1H3. The lowest BCUT2D eigenvalue weighted by Crippen LogP contribution is -2.23. The molecule has 2 aromatic heterocycles. The minimum Gasteiger partial charge on any atom is -0.396 e. The molecule has 4 heteroatoms. The van der Waals surface area contributed by atoms with E-state index in [2.05, 4.69) is 34.3 Å². The summed E-state index contributed by atoms with van der Waals surface area (Å²) in [6.07, 6.45) is 1.78. The largest absolute Gasteiger partial charge is 0.396 e. The molecule has 16 heavy (non-hydrogen) atoms. The third kappa shape index (κ3) is 2.33. The summed E-state index contributed by atoms with van der Waals surface area (Å²) < 4.78 is 0. The number of nitrogen functional groups attached to an aromatic ring is 1. The highest BCUT2D eigenvalue weighted by Gasteiger charge is 2.09. The Labute approximate surface area is 99.5 Å². The highest BCUT2D eigenvalue weighted by Crippen LogP contribution is 2.22. The molecule has 2 rings (SSSR count). The summed E-state index contributed by atoms with van der Waals surface area (Å²) in [4.78, 5) is 7.84. The second kappa shape index (κ2) is 4.99. The van der Waals surface area contributed by atoms with E-state index >= 15 is 0 Å². The molecule has 2 aromatic rings. The first-order valence-corrected chi connectivity index (χ1v) is 6.17. The molecule has 0 atom stereocenters. The number of aromatic nitrogens is 1. The van der Waals surface area contributed by atoms with Crippen LogP contribution < -0.4 is 10.6 Å². The van der Waals surface area contributed by atoms with Gasteiger partial charge in [-0.1, -0.05) is 6.07 Å². The van der Waals surface area contributed by atoms with Crippen LogP contribution in [0.1, 0.15) is 11.8 Å². The molecular formula is C12H15N3S. The molecule has 2 N–H and O–H groups in total. The van der Waals surface area contributed by atoms with Gasteiger partial charge in [-0.15, -0.1) is 11.3 Å². The van der Waals surface area contributed by atoms with Gasteiger partial charge in [0.15, 0.2) is 5.82 Å². The maximum atomic E-state index is 5.93. The number of anilines is 2. The van der Waals surface area contributed by atoms with Gasteiger partial charge in [-0.3, -0.25) is 0 Å². The number of hydrogen-bond donors (Lipinski definition) is 1. The Morgan fingerprint density at radius 1 is 1.38 bits per heavy atom. The molecule has 0 unspecified atom stereocenters. The van der Waals surface area contributed by atoms with Crippen molar-refractivity contribution in [3.05, 3.63) is 40.7 Å². The van der Waals surface area contributed by atoms with Crippen LogP contribution in [-0.4, -0.2) is 11.5 Å². The van der Waals surface area contributed by atoms with Crippen molar-refractivity contribution in [2.24, 2.45) is 0 Å². The molecule has 3 nitrogen and oxygen atoms in total. The summed E-state index contributed by atoms with van der Waals surface area (Å²) >= 11 is 1.76. The van der Waals surface area contributed by atoms with Gasteiger partial charge in [-0.2, -0.15) is 0 Å². The van der Waals surface area contributed by atoms with E-state index in [1.165, 1.54) is 4.88 Å². The van der Waals surface area contributed by atoms with Crippen LogP contribution in [0.15, 0.2) is 35.8 Å². The maximum absolute atomic E-state index is 5.93. The molecule has 0 aliphatic heterocycles. The van der Waals surface area contributed by atoms with Crippen LogP contribution in [0.3, 0.4) is 0 Å². The zero-order valence-electron chi connectivity index (χ0n) is 9.26. The van der Waals surface area contributed by atoms with Crippen LogP contribution in [0.25, 0.3) is 0 Å². The lowest BCUT2D eigenvalue weighted by Gasteiger charge is -2.22. The van der Waals surface area contributed by atoms with Gasteiger partial charge in [0.1, 0.15) is 0 Å². The van der Waals surface area contributed by atoms with Crippen molar-refractivity contribution in [1.29, 1.82) is 0 Å². The van der Waals surface area contributed by atoms with Gasteiger partial charge in [-0.25, -0.2) is 4.98 Å². The Hall–Kier alpha value is -1.55. The monoisotopic (exact) mass is 233 g/mol. The first-order chi connectivity index (χ1) is 7.81. The zero-order chi connectivity index (χ0) is 11.4. The SMILES string of the molecule is CCN(Cc1cccs1)c1ncccc1N. The average molecular weight is 233 g/mol. The van der Waals surface area contributed by atoms with Crippen molar-refractivity contribution in [1.82, 2.24) is 4.98 Å². The third-order valence-corrected chi connectivity index (χ3v) is 3.29. The number of pyridine rings is 1. The molecule has 84 valence electrons. The summed E-state index contributed by atoms with van der Waals surface area (Å²) in [6, 6.07) is 7.94. The van der Waals surface area contributed by atoms with Crippen LogP contribution in [0.2, 0.25) is 0 Å². The van der Waals surface area contributed by atoms with Gasteiger partial charge in [0.2, 0.25) is 0 Å². The van der Waals surface area contributed by atoms with Gasteiger partial charge < -0.3 is 10.6 Å². The molecule has 0 radical (unpaired) electrons. The summed E-state index contributed by atoms with van der Waals surface area (Å²) in [7, 11) is 0. The Morgan fingerprint density at radius 2 is 2.25 bits per heavy atom. The van der Waals surface area contributed by atoms with Gasteiger partial charge in [0.05, 0.1) is 12.2 Å². The van der Waals surface area contributed by atoms with Gasteiger partial charge >= 0.3 is 0 Å². The van der Waals surface area contributed by atoms with Gasteiger partial charge in [0.25, 0.3) is 0 Å². The van der Waals surface area contributed by atoms with E-state index in [9.17, 15) is 0 Å². The molecule has 0 saturated heterocycles. The molecular weight excluding hydrogens is 218 g/mol. The normalized spacial score (nSPS) is 10.3. The number of thiophene rings is 1. The number of rotatable bonds is 4. The van der Waals surface area contributed by atoms with Crippen LogP contribution >= 0.6 is 11.3 Å². The van der Waals surface area contributed by atoms with Crippen LogP contribution in [0.5, 0.6) is 0 Å². The topological polar surface area (TPSA) is 42.2 Å². The third-order valence-electron chi connectivity index (χ3n) is 2.42. The molecule has 0 aromatic carbocycles. The van der Waals surface area contributed by atoms with Crippen molar-refractivity contribution in [3.63, 3.8) is 0 Å². The number of nitrogens with two attached hydrogens (primary N) is 1. The van der Waals surface area contributed by atoms with E-state index in [-0.39, 0.29) is 0 Å². The molecule has 0 fully saturated rings. The van der Waals surface area contributed by atoms with E-state index in [1.807, 2.05) is 12.1 Å². The Morgan fingerprint density at radius 3 is 2.88 bits per heavy atom. The second-order valence-electron chi connectivity index (χ2n) is 3.51. The molecule has 0 spiro atoms. The van der Waals surface area contributed by atoms with Crippen molar-refractivity contribution in [3.8, 4) is 0 Å². The number of nitrogens with zero attached hydrogens (tertiary/aromatic N) is 2. The second-order valence-corrected chi connectivity index (χ2v) is 4.54. The predicted molar refractivity (Wildman–Crippen MR) is 69.7 cm³/mol. The van der Waals surface area contributed by atoms with E-state index in [1.54, 1.807) is 17.5 Å². The lowest BCUT2D eigenvalue weighted by molar-refractivity contribution is 0.825. The smallest absolute Gasteiger partial charge is 0.152 e. The van der Waals surface area contributed by atoms with Crippen molar-refractivity contribution < 1.29 is 0 Å². The van der Waals surface area contributed by atoms with Crippen molar-refractivity contribution in [2.75, 3.05) is 17.2 Å². The Bertz CT molecular complexity index is 439. The van der Waals surface area contributed by atoms with Crippen molar-refractivity contribution >= 4 is 22.8 Å². The maximum Gasteiger partial charge on any atom is 0.152 e. The van der Waals surface area contributed by atoms with Gasteiger partial charge in [-0.05, 0) is 30.5 Å². The minimum atomic E-state index is 0.737. The van der Waals surface area contributed by atoms with Crippen LogP contribution in [0, 0.1) is 0 Å². The highest BCUT2D eigenvalue weighted by atomic mass is 32.1. The lowest BCUT2D eigenvalue weighted by atomic mass is 10.3. The van der Waals surface area contributed by atoms with E-state index in [0.717, 1.165) is 24.6 Å². The van der Waals surface area contributed by atoms with Crippen LogP contribution in [-0.2, 0) is 6.54 Å². The highest BCUT2D eigenvalue weighted by molar-refractivity contribution is 7.09. The zero-order valence-corrected chi connectivity index (χ0v) is 10.1. The van der Waals surface area contributed by atoms with E-state index in [0.29, 0.717) is 0 Å².